The van der Waals surface area contributed by atoms with Crippen molar-refractivity contribution in [3.05, 3.63) is 72.4 Å². The maximum absolute atomic E-state index is 12.5. The maximum Gasteiger partial charge on any atom is 0.244 e. The van der Waals surface area contributed by atoms with Gasteiger partial charge in [-0.2, -0.15) is 0 Å². The Labute approximate surface area is 151 Å². The highest BCUT2D eigenvalue weighted by molar-refractivity contribution is 5.92. The Kier molecular flexibility index (Phi) is 4.05. The minimum atomic E-state index is -0.0560. The molecule has 0 aliphatic carbocycles. The normalized spacial score (nSPS) is 11.0. The van der Waals surface area contributed by atoms with Crippen molar-refractivity contribution in [1.29, 1.82) is 0 Å². The minimum absolute atomic E-state index is 0.0560. The predicted octanol–water partition coefficient (Wildman–Crippen LogP) is 4.55. The van der Waals surface area contributed by atoms with Crippen LogP contribution >= 0.6 is 0 Å². The maximum atomic E-state index is 12.5. The van der Waals surface area contributed by atoms with Crippen LogP contribution in [-0.4, -0.2) is 15.5 Å². The van der Waals surface area contributed by atoms with Gasteiger partial charge in [-0.15, -0.1) is 0 Å². The summed E-state index contributed by atoms with van der Waals surface area (Å²) in [7, 11) is 0. The summed E-state index contributed by atoms with van der Waals surface area (Å²) in [5, 5.41) is 4.10. The number of hydrogen-bond donors (Lipinski definition) is 1. The lowest BCUT2D eigenvalue weighted by Gasteiger charge is -2.10. The zero-order chi connectivity index (χ0) is 18.1. The molecule has 0 saturated carbocycles. The molecule has 0 radical (unpaired) electrons. The van der Waals surface area contributed by atoms with Crippen LogP contribution in [0, 0.1) is 13.8 Å². The van der Waals surface area contributed by atoms with Crippen LogP contribution in [-0.2, 0) is 11.3 Å². The number of nitrogens with zero attached hydrogens (tertiary/aromatic N) is 2. The van der Waals surface area contributed by atoms with Gasteiger partial charge in [-0.25, -0.2) is 4.98 Å². The Balaban J connectivity index is 1.48. The van der Waals surface area contributed by atoms with Crippen molar-refractivity contribution in [2.75, 3.05) is 5.32 Å². The van der Waals surface area contributed by atoms with Crippen LogP contribution in [0.25, 0.3) is 22.2 Å². The summed E-state index contributed by atoms with van der Waals surface area (Å²) in [5.41, 5.74) is 4.63. The lowest BCUT2D eigenvalue weighted by Crippen LogP contribution is -2.19. The summed E-state index contributed by atoms with van der Waals surface area (Å²) in [4.78, 5) is 16.8. The molecule has 4 aromatic rings. The van der Waals surface area contributed by atoms with Crippen LogP contribution in [0.1, 0.15) is 11.6 Å². The Morgan fingerprint density at radius 2 is 1.88 bits per heavy atom. The summed E-state index contributed by atoms with van der Waals surface area (Å²) in [5.74, 6) is 0.575. The van der Waals surface area contributed by atoms with E-state index in [0.717, 1.165) is 33.5 Å². The first-order valence-corrected chi connectivity index (χ1v) is 8.47. The number of anilines is 1. The van der Waals surface area contributed by atoms with Gasteiger partial charge in [-0.05, 0) is 36.6 Å². The standard InChI is InChI=1S/C21H19N3O2/c1-14-11-17-5-3-4-6-20(17)24(14)12-21(25)23-18-9-7-16(8-10-18)19-13-26-15(2)22-19/h3-11,13H,12H2,1-2H3,(H,23,25). The number of carbonyl (C=O) groups is 1. The Bertz CT molecular complexity index is 1070. The van der Waals surface area contributed by atoms with Crippen molar-refractivity contribution in [3.63, 3.8) is 0 Å². The minimum Gasteiger partial charge on any atom is -0.449 e. The van der Waals surface area contributed by atoms with Crippen molar-refractivity contribution in [3.8, 4) is 11.3 Å². The van der Waals surface area contributed by atoms with E-state index in [-0.39, 0.29) is 12.5 Å². The fourth-order valence-electron chi connectivity index (χ4n) is 3.12. The van der Waals surface area contributed by atoms with Crippen LogP contribution in [0.4, 0.5) is 5.69 Å². The predicted molar refractivity (Wildman–Crippen MR) is 102 cm³/mol. The number of rotatable bonds is 4. The van der Waals surface area contributed by atoms with E-state index in [4.69, 9.17) is 4.42 Å². The third kappa shape index (κ3) is 3.11. The van der Waals surface area contributed by atoms with Crippen molar-refractivity contribution in [1.82, 2.24) is 9.55 Å². The molecule has 0 unspecified atom stereocenters. The second kappa shape index (κ2) is 6.52. The van der Waals surface area contributed by atoms with Gasteiger partial charge in [0.1, 0.15) is 18.5 Å². The van der Waals surface area contributed by atoms with E-state index in [1.54, 1.807) is 6.26 Å². The number of amides is 1. The molecule has 4 rings (SSSR count). The monoisotopic (exact) mass is 345 g/mol. The average Bonchev–Trinajstić information content (AvgIpc) is 3.19. The third-order valence-corrected chi connectivity index (χ3v) is 4.40. The highest BCUT2D eigenvalue weighted by atomic mass is 16.3. The van der Waals surface area contributed by atoms with E-state index in [1.807, 2.05) is 60.9 Å². The number of oxazole rings is 1. The lowest BCUT2D eigenvalue weighted by molar-refractivity contribution is -0.116. The van der Waals surface area contributed by atoms with E-state index in [9.17, 15) is 4.79 Å². The largest absolute Gasteiger partial charge is 0.449 e. The van der Waals surface area contributed by atoms with Gasteiger partial charge in [-0.3, -0.25) is 4.79 Å². The fraction of sp³-hybridized carbons (Fsp3) is 0.143. The highest BCUT2D eigenvalue weighted by Gasteiger charge is 2.10. The topological polar surface area (TPSA) is 60.1 Å². The molecule has 0 bridgehead atoms. The van der Waals surface area contributed by atoms with Gasteiger partial charge in [-0.1, -0.05) is 30.3 Å². The van der Waals surface area contributed by atoms with Gasteiger partial charge in [0.05, 0.1) is 0 Å². The first-order valence-electron chi connectivity index (χ1n) is 8.47. The fourth-order valence-corrected chi connectivity index (χ4v) is 3.12. The zero-order valence-corrected chi connectivity index (χ0v) is 14.7. The van der Waals surface area contributed by atoms with E-state index in [0.29, 0.717) is 5.89 Å². The lowest BCUT2D eigenvalue weighted by atomic mass is 10.1. The summed E-state index contributed by atoms with van der Waals surface area (Å²) >= 11 is 0. The van der Waals surface area contributed by atoms with Gasteiger partial charge >= 0.3 is 0 Å². The molecule has 0 aliphatic heterocycles. The van der Waals surface area contributed by atoms with E-state index in [2.05, 4.69) is 22.4 Å². The number of aromatic nitrogens is 2. The molecule has 0 atom stereocenters. The van der Waals surface area contributed by atoms with Crippen molar-refractivity contribution in [2.45, 2.75) is 20.4 Å². The molecule has 2 aromatic carbocycles. The van der Waals surface area contributed by atoms with Gasteiger partial charge in [0, 0.05) is 29.4 Å². The van der Waals surface area contributed by atoms with Crippen molar-refractivity contribution < 1.29 is 9.21 Å². The van der Waals surface area contributed by atoms with Crippen LogP contribution < -0.4 is 5.32 Å². The molecule has 0 fully saturated rings. The number of para-hydroxylation sites is 1. The molecule has 0 aliphatic rings. The quantitative estimate of drug-likeness (QED) is 0.590. The summed E-state index contributed by atoms with van der Waals surface area (Å²) < 4.78 is 7.26. The SMILES string of the molecule is Cc1nc(-c2ccc(NC(=O)Cn3c(C)cc4ccccc43)cc2)co1. The molecular weight excluding hydrogens is 326 g/mol. The number of benzene rings is 2. The molecular formula is C21H19N3O2. The highest BCUT2D eigenvalue weighted by Crippen LogP contribution is 2.22. The Morgan fingerprint density at radius 3 is 2.62 bits per heavy atom. The number of fused-ring (bicyclic) bond motifs is 1. The van der Waals surface area contributed by atoms with E-state index >= 15 is 0 Å². The molecule has 5 nitrogen and oxygen atoms in total. The van der Waals surface area contributed by atoms with Gasteiger partial charge in [0.15, 0.2) is 5.89 Å². The summed E-state index contributed by atoms with van der Waals surface area (Å²) in [6.07, 6.45) is 1.63. The smallest absolute Gasteiger partial charge is 0.244 e. The second-order valence-corrected chi connectivity index (χ2v) is 6.31. The van der Waals surface area contributed by atoms with Crippen LogP contribution in [0.15, 0.2) is 65.3 Å². The van der Waals surface area contributed by atoms with E-state index in [1.165, 1.54) is 0 Å². The first-order chi connectivity index (χ1) is 12.6. The molecule has 1 amide bonds. The van der Waals surface area contributed by atoms with Crippen LogP contribution in [0.5, 0.6) is 0 Å². The van der Waals surface area contributed by atoms with Gasteiger partial charge in [0.25, 0.3) is 0 Å². The van der Waals surface area contributed by atoms with Crippen LogP contribution in [0.3, 0.4) is 0 Å². The zero-order valence-electron chi connectivity index (χ0n) is 14.7. The molecule has 2 aromatic heterocycles. The van der Waals surface area contributed by atoms with E-state index < -0.39 is 0 Å². The molecule has 1 N–H and O–H groups in total. The average molecular weight is 345 g/mol. The molecule has 130 valence electrons. The first kappa shape index (κ1) is 16.1. The molecule has 26 heavy (non-hydrogen) atoms. The number of hydrogen-bond acceptors (Lipinski definition) is 3. The van der Waals surface area contributed by atoms with Crippen molar-refractivity contribution >= 4 is 22.5 Å². The van der Waals surface area contributed by atoms with Gasteiger partial charge < -0.3 is 14.3 Å². The second-order valence-electron chi connectivity index (χ2n) is 6.31. The number of nitrogens with one attached hydrogen (secondary N) is 1. The Morgan fingerprint density at radius 1 is 1.12 bits per heavy atom. The Hall–Kier alpha value is -3.34. The number of carbonyl (C=O) groups excluding carboxylic acids is 1. The molecule has 0 saturated heterocycles. The molecule has 2 heterocycles. The molecule has 5 heteroatoms. The van der Waals surface area contributed by atoms with Crippen molar-refractivity contribution in [2.24, 2.45) is 0 Å². The van der Waals surface area contributed by atoms with Gasteiger partial charge in [0.2, 0.25) is 5.91 Å². The molecule has 0 spiro atoms. The summed E-state index contributed by atoms with van der Waals surface area (Å²) in [6.45, 7) is 4.11. The summed E-state index contributed by atoms with van der Waals surface area (Å²) in [6, 6.07) is 17.8. The third-order valence-electron chi connectivity index (χ3n) is 4.40. The van der Waals surface area contributed by atoms with Crippen LogP contribution in [0.2, 0.25) is 0 Å². The number of aryl methyl sites for hydroxylation is 2.